The number of rotatable bonds is 7. The number of furan rings is 1. The molecule has 0 aliphatic heterocycles. The van der Waals surface area contributed by atoms with Crippen LogP contribution < -0.4 is 0 Å². The largest absolute Gasteiger partial charge is 0.453 e. The fraction of sp³-hybridized carbons (Fsp3) is 0. The summed E-state index contributed by atoms with van der Waals surface area (Å²) < 4.78 is 6.96. The predicted molar refractivity (Wildman–Crippen MR) is 238 cm³/mol. The third-order valence-electron chi connectivity index (χ3n) is 10.8. The van der Waals surface area contributed by atoms with Crippen LogP contribution in [-0.4, -0.2) is 24.9 Å². The van der Waals surface area contributed by atoms with Gasteiger partial charge in [-0.05, 0) is 76.5 Å². The van der Waals surface area contributed by atoms with Crippen molar-refractivity contribution >= 4 is 32.6 Å². The summed E-state index contributed by atoms with van der Waals surface area (Å²) in [6.07, 6.45) is 3.60. The average molecular weight is 756 g/mol. The highest BCUT2D eigenvalue weighted by Crippen LogP contribution is 2.46. The van der Waals surface area contributed by atoms with Gasteiger partial charge in [-0.15, -0.1) is 0 Å². The van der Waals surface area contributed by atoms with Gasteiger partial charge in [0.05, 0.1) is 39.2 Å². The minimum absolute atomic E-state index is 0.655. The fourth-order valence-corrected chi connectivity index (χ4v) is 7.92. The van der Waals surface area contributed by atoms with Crippen molar-refractivity contribution in [1.82, 2.24) is 24.9 Å². The van der Waals surface area contributed by atoms with Gasteiger partial charge in [0.15, 0.2) is 11.6 Å². The number of aromatic nitrogens is 5. The van der Waals surface area contributed by atoms with E-state index in [1.54, 1.807) is 6.20 Å². The van der Waals surface area contributed by atoms with Gasteiger partial charge in [-0.1, -0.05) is 133 Å². The summed E-state index contributed by atoms with van der Waals surface area (Å²) in [6.45, 7) is 0. The second-order valence-corrected chi connectivity index (χ2v) is 14.5. The number of hydrogen-bond acceptors (Lipinski definition) is 6. The number of fused-ring (bicyclic) bond motifs is 4. The molecule has 0 fully saturated rings. The van der Waals surface area contributed by atoms with Crippen LogP contribution in [0.15, 0.2) is 205 Å². The molecule has 0 atom stereocenters. The topological polar surface area (TPSA) is 77.6 Å². The molecule has 6 aromatic carbocycles. The molecule has 0 bridgehead atoms. The highest BCUT2D eigenvalue weighted by Gasteiger charge is 2.26. The highest BCUT2D eigenvalue weighted by atomic mass is 16.3. The molecule has 59 heavy (non-hydrogen) atoms. The van der Waals surface area contributed by atoms with E-state index < -0.39 is 0 Å². The molecule has 0 N–H and O–H groups in total. The van der Waals surface area contributed by atoms with Crippen molar-refractivity contribution in [2.45, 2.75) is 0 Å². The molecule has 0 radical (unpaired) electrons. The lowest BCUT2D eigenvalue weighted by molar-refractivity contribution is 0.632. The van der Waals surface area contributed by atoms with E-state index in [0.717, 1.165) is 100 Å². The molecule has 11 rings (SSSR count). The van der Waals surface area contributed by atoms with Crippen molar-refractivity contribution in [3.63, 3.8) is 0 Å². The zero-order valence-corrected chi connectivity index (χ0v) is 31.7. The first-order valence-corrected chi connectivity index (χ1v) is 19.6. The van der Waals surface area contributed by atoms with Gasteiger partial charge in [0.25, 0.3) is 0 Å². The fourth-order valence-electron chi connectivity index (χ4n) is 7.92. The Morgan fingerprint density at radius 3 is 1.76 bits per heavy atom. The normalized spacial score (nSPS) is 11.4. The third-order valence-corrected chi connectivity index (χ3v) is 10.8. The minimum Gasteiger partial charge on any atom is -0.453 e. The van der Waals surface area contributed by atoms with Gasteiger partial charge in [-0.3, -0.25) is 9.97 Å². The molecule has 0 aliphatic rings. The molecule has 0 spiro atoms. The number of hydrogen-bond donors (Lipinski definition) is 0. The first-order chi connectivity index (χ1) is 29.2. The van der Waals surface area contributed by atoms with Crippen LogP contribution in [0.1, 0.15) is 0 Å². The van der Waals surface area contributed by atoms with Crippen LogP contribution in [0, 0.1) is 0 Å². The Morgan fingerprint density at radius 2 is 1.00 bits per heavy atom. The van der Waals surface area contributed by atoms with Crippen molar-refractivity contribution in [1.29, 1.82) is 0 Å². The van der Waals surface area contributed by atoms with E-state index >= 15 is 0 Å². The van der Waals surface area contributed by atoms with Crippen molar-refractivity contribution in [2.75, 3.05) is 0 Å². The van der Waals surface area contributed by atoms with E-state index in [0.29, 0.717) is 11.6 Å². The minimum atomic E-state index is 0.655. The summed E-state index contributed by atoms with van der Waals surface area (Å²) in [5.74, 6) is 1.34. The molecule has 6 nitrogen and oxygen atoms in total. The van der Waals surface area contributed by atoms with Gasteiger partial charge in [0.2, 0.25) is 0 Å². The Kier molecular flexibility index (Phi) is 8.37. The number of pyridine rings is 3. The zero-order chi connectivity index (χ0) is 39.1. The Labute approximate surface area is 340 Å². The van der Waals surface area contributed by atoms with Crippen LogP contribution in [0.3, 0.4) is 0 Å². The van der Waals surface area contributed by atoms with Gasteiger partial charge in [0, 0.05) is 40.0 Å². The summed E-state index contributed by atoms with van der Waals surface area (Å²) in [5.41, 5.74) is 12.5. The SMILES string of the molecule is c1ccc(-c2cc(-c3cccc(-c4ccc5c(c4)nc(-c4ccc6ccccc6c4)c4c(-c6ccccn6)c(-c6ccccn6)oc45)c3)nc(-c3ccccc3)n2)cc1. The lowest BCUT2D eigenvalue weighted by Crippen LogP contribution is -1.96. The van der Waals surface area contributed by atoms with Crippen molar-refractivity contribution in [3.8, 4) is 79.0 Å². The van der Waals surface area contributed by atoms with Crippen LogP contribution in [0.2, 0.25) is 0 Å². The van der Waals surface area contributed by atoms with Crippen LogP contribution in [0.25, 0.3) is 112 Å². The molecule has 5 heterocycles. The van der Waals surface area contributed by atoms with Gasteiger partial charge < -0.3 is 4.42 Å². The molecule has 5 aromatic heterocycles. The Bertz CT molecular complexity index is 3250. The summed E-state index contributed by atoms with van der Waals surface area (Å²) in [6, 6.07) is 64.1. The molecule has 276 valence electrons. The maximum atomic E-state index is 6.96. The van der Waals surface area contributed by atoms with E-state index in [1.165, 1.54) is 0 Å². The van der Waals surface area contributed by atoms with E-state index in [1.807, 2.05) is 91.1 Å². The first-order valence-electron chi connectivity index (χ1n) is 19.6. The lowest BCUT2D eigenvalue weighted by Gasteiger charge is -2.12. The van der Waals surface area contributed by atoms with Crippen molar-refractivity contribution < 1.29 is 4.42 Å². The molecule has 0 saturated carbocycles. The number of benzene rings is 6. The molecular weight excluding hydrogens is 723 g/mol. The standard InChI is InChI=1S/C53H33N5O/c1-3-15-35(16-4-1)45-33-46(58-53(57-45)36-17-5-2-6-18-36)40-21-13-20-38(30-40)39-26-27-42-47(32-39)56-50(41-25-24-34-14-7-8-19-37(34)31-41)49-48(43-22-9-11-28-54-43)52(59-51(42)49)44-23-10-12-29-55-44/h1-33H. The summed E-state index contributed by atoms with van der Waals surface area (Å²) in [4.78, 5) is 25.2. The van der Waals surface area contributed by atoms with Crippen molar-refractivity contribution in [2.24, 2.45) is 0 Å². The molecule has 6 heteroatoms. The third kappa shape index (κ3) is 6.29. The summed E-state index contributed by atoms with van der Waals surface area (Å²) in [7, 11) is 0. The Hall–Kier alpha value is -8.09. The molecule has 11 aromatic rings. The molecule has 0 unspecified atom stereocenters. The van der Waals surface area contributed by atoms with Crippen LogP contribution in [0.5, 0.6) is 0 Å². The van der Waals surface area contributed by atoms with E-state index in [4.69, 9.17) is 29.3 Å². The van der Waals surface area contributed by atoms with E-state index in [2.05, 4.69) is 103 Å². The average Bonchev–Trinajstić information content (AvgIpc) is 3.73. The molecule has 0 aliphatic carbocycles. The molecule has 0 amide bonds. The monoisotopic (exact) mass is 755 g/mol. The second kappa shape index (κ2) is 14.4. The zero-order valence-electron chi connectivity index (χ0n) is 31.7. The van der Waals surface area contributed by atoms with Crippen LogP contribution >= 0.6 is 0 Å². The first kappa shape index (κ1) is 34.2. The maximum Gasteiger partial charge on any atom is 0.163 e. The van der Waals surface area contributed by atoms with Crippen LogP contribution in [-0.2, 0) is 0 Å². The van der Waals surface area contributed by atoms with Gasteiger partial charge in [-0.25, -0.2) is 15.0 Å². The lowest BCUT2D eigenvalue weighted by atomic mass is 9.95. The van der Waals surface area contributed by atoms with Gasteiger partial charge >= 0.3 is 0 Å². The van der Waals surface area contributed by atoms with Gasteiger partial charge in [-0.2, -0.15) is 0 Å². The van der Waals surface area contributed by atoms with Crippen molar-refractivity contribution in [3.05, 3.63) is 200 Å². The Balaban J connectivity index is 1.11. The number of nitrogens with zero attached hydrogens (tertiary/aromatic N) is 5. The quantitative estimate of drug-likeness (QED) is 0.161. The predicted octanol–water partition coefficient (Wildman–Crippen LogP) is 13.4. The second-order valence-electron chi connectivity index (χ2n) is 14.5. The van der Waals surface area contributed by atoms with Gasteiger partial charge in [0.1, 0.15) is 11.3 Å². The van der Waals surface area contributed by atoms with Crippen LogP contribution in [0.4, 0.5) is 0 Å². The molecular formula is C53H33N5O. The smallest absolute Gasteiger partial charge is 0.163 e. The molecule has 0 saturated heterocycles. The maximum absolute atomic E-state index is 6.96. The highest BCUT2D eigenvalue weighted by molar-refractivity contribution is 6.17. The Morgan fingerprint density at radius 1 is 0.373 bits per heavy atom. The summed E-state index contributed by atoms with van der Waals surface area (Å²) in [5, 5.41) is 4.10. The summed E-state index contributed by atoms with van der Waals surface area (Å²) >= 11 is 0. The van der Waals surface area contributed by atoms with E-state index in [-0.39, 0.29) is 0 Å². The van der Waals surface area contributed by atoms with E-state index in [9.17, 15) is 0 Å².